The zero-order valence-corrected chi connectivity index (χ0v) is 18.2. The fraction of sp³-hybridized carbons (Fsp3) is 0.300. The highest BCUT2D eigenvalue weighted by atomic mass is 35.5. The van der Waals surface area contributed by atoms with Gasteiger partial charge in [0.25, 0.3) is 0 Å². The normalized spacial score (nSPS) is 12.2. The minimum atomic E-state index is -0.181. The third-order valence-electron chi connectivity index (χ3n) is 4.46. The predicted octanol–water partition coefficient (Wildman–Crippen LogP) is 2.64. The Morgan fingerprint density at radius 2 is 1.97 bits per heavy atom. The van der Waals surface area contributed by atoms with E-state index in [4.69, 9.17) is 11.6 Å². The first-order chi connectivity index (χ1) is 14.0. The molecule has 0 saturated heterocycles. The molecule has 0 fully saturated rings. The molecule has 2 heterocycles. The van der Waals surface area contributed by atoms with Crippen LogP contribution in [0.5, 0.6) is 0 Å². The average molecular weight is 432 g/mol. The molecule has 0 unspecified atom stereocenters. The Bertz CT molecular complexity index is 963. The highest BCUT2D eigenvalue weighted by Gasteiger charge is 2.26. The molecule has 0 radical (unpaired) electrons. The van der Waals surface area contributed by atoms with Gasteiger partial charge in [-0.05, 0) is 24.3 Å². The van der Waals surface area contributed by atoms with Gasteiger partial charge in [-0.15, -0.1) is 10.2 Å². The van der Waals surface area contributed by atoms with Crippen LogP contribution < -0.4 is 10.2 Å². The average Bonchev–Trinajstić information content (AvgIpc) is 3.12. The van der Waals surface area contributed by atoms with E-state index < -0.39 is 0 Å². The van der Waals surface area contributed by atoms with Crippen LogP contribution >= 0.6 is 23.4 Å². The van der Waals surface area contributed by atoms with Crippen LogP contribution in [0.15, 0.2) is 53.8 Å². The van der Waals surface area contributed by atoms with Gasteiger partial charge in [0.2, 0.25) is 5.91 Å². The summed E-state index contributed by atoms with van der Waals surface area (Å²) in [6, 6.07) is 13.6. The van der Waals surface area contributed by atoms with Crippen molar-refractivity contribution in [2.45, 2.75) is 24.5 Å². The van der Waals surface area contributed by atoms with Gasteiger partial charge < -0.3 is 10.2 Å². The molecular weight excluding hydrogens is 408 g/mol. The number of benzene rings is 1. The van der Waals surface area contributed by atoms with E-state index in [2.05, 4.69) is 41.5 Å². The molecule has 3 rings (SSSR count). The number of aromatic nitrogens is 4. The maximum absolute atomic E-state index is 12.4. The van der Waals surface area contributed by atoms with Gasteiger partial charge in [0.1, 0.15) is 6.04 Å². The lowest BCUT2D eigenvalue weighted by atomic mass is 10.2. The van der Waals surface area contributed by atoms with Gasteiger partial charge >= 0.3 is 0 Å². The summed E-state index contributed by atoms with van der Waals surface area (Å²) < 4.78 is 2.04. The summed E-state index contributed by atoms with van der Waals surface area (Å²) in [5, 5.41) is 12.6. The van der Waals surface area contributed by atoms with Crippen LogP contribution in [0.1, 0.15) is 25.2 Å². The Labute approximate surface area is 179 Å². The summed E-state index contributed by atoms with van der Waals surface area (Å²) in [5.41, 5.74) is 1.47. The molecule has 1 aromatic carbocycles. The van der Waals surface area contributed by atoms with Gasteiger partial charge in [-0.25, -0.2) is 4.98 Å². The summed E-state index contributed by atoms with van der Waals surface area (Å²) in [7, 11) is 4.21. The number of halogens is 1. The molecule has 0 aliphatic carbocycles. The number of carbonyl (C=O) groups is 1. The van der Waals surface area contributed by atoms with Gasteiger partial charge in [0.05, 0.1) is 25.5 Å². The number of anilines is 1. The van der Waals surface area contributed by atoms with Crippen molar-refractivity contribution in [1.29, 1.82) is 0 Å². The highest BCUT2D eigenvalue weighted by Crippen LogP contribution is 2.26. The van der Waals surface area contributed by atoms with E-state index in [9.17, 15) is 4.79 Å². The van der Waals surface area contributed by atoms with E-state index in [0.29, 0.717) is 10.8 Å². The number of pyridine rings is 1. The van der Waals surface area contributed by atoms with Crippen molar-refractivity contribution < 1.29 is 9.69 Å². The second-order valence-electron chi connectivity index (χ2n) is 6.73. The minimum Gasteiger partial charge on any atom is -0.331 e. The van der Waals surface area contributed by atoms with Crippen molar-refractivity contribution in [2.75, 3.05) is 25.2 Å². The number of rotatable bonds is 8. The summed E-state index contributed by atoms with van der Waals surface area (Å²) in [6.07, 6.45) is 2.51. The zero-order valence-electron chi connectivity index (χ0n) is 16.6. The molecule has 2 aromatic heterocycles. The summed E-state index contributed by atoms with van der Waals surface area (Å²) >= 11 is 7.35. The fourth-order valence-electron chi connectivity index (χ4n) is 3.06. The molecule has 0 bridgehead atoms. The highest BCUT2D eigenvalue weighted by molar-refractivity contribution is 7.99. The third kappa shape index (κ3) is 5.14. The molecule has 1 atom stereocenters. The lowest BCUT2D eigenvalue weighted by Crippen LogP contribution is -3.06. The van der Waals surface area contributed by atoms with Crippen molar-refractivity contribution >= 4 is 35.0 Å². The van der Waals surface area contributed by atoms with Crippen LogP contribution in [0.4, 0.5) is 5.69 Å². The number of carbonyl (C=O) groups excluding carboxylic acids is 1. The van der Waals surface area contributed by atoms with Gasteiger partial charge in [-0.3, -0.25) is 9.36 Å². The molecule has 1 amide bonds. The molecule has 0 saturated carbocycles. The molecule has 7 nitrogen and oxygen atoms in total. The Balaban J connectivity index is 1.83. The Kier molecular flexibility index (Phi) is 7.24. The van der Waals surface area contributed by atoms with E-state index in [1.54, 1.807) is 18.3 Å². The number of amides is 1. The molecule has 29 heavy (non-hydrogen) atoms. The summed E-state index contributed by atoms with van der Waals surface area (Å²) in [6.45, 7) is 2.14. The second-order valence-corrected chi connectivity index (χ2v) is 8.03. The number of para-hydroxylation sites is 1. The van der Waals surface area contributed by atoms with Gasteiger partial charge in [0.15, 0.2) is 16.1 Å². The van der Waals surface area contributed by atoms with Crippen molar-refractivity contribution in [3.63, 3.8) is 0 Å². The maximum atomic E-state index is 12.4. The molecule has 0 spiro atoms. The molecule has 152 valence electrons. The Hall–Kier alpha value is -2.42. The minimum absolute atomic E-state index is 0.181. The number of thioether (sulfide) groups is 1. The number of hydrogen-bond donors (Lipinski definition) is 2. The number of hydrogen-bond acceptors (Lipinski definition) is 5. The van der Waals surface area contributed by atoms with Crippen LogP contribution in [0.25, 0.3) is 5.69 Å². The largest absolute Gasteiger partial charge is 0.331 e. The van der Waals surface area contributed by atoms with E-state index in [-0.39, 0.29) is 22.9 Å². The monoisotopic (exact) mass is 431 g/mol. The van der Waals surface area contributed by atoms with Crippen molar-refractivity contribution in [3.05, 3.63) is 59.6 Å². The third-order valence-corrected chi connectivity index (χ3v) is 5.69. The van der Waals surface area contributed by atoms with Crippen LogP contribution in [0.2, 0.25) is 5.15 Å². The van der Waals surface area contributed by atoms with Crippen LogP contribution in [0, 0.1) is 0 Å². The first-order valence-electron chi connectivity index (χ1n) is 9.35. The first-order valence-corrected chi connectivity index (χ1v) is 10.7. The molecule has 3 aromatic rings. The first kappa shape index (κ1) is 21.3. The number of nitrogens with one attached hydrogen (secondary N) is 2. The molecular formula is C20H24ClN6OS+. The second kappa shape index (κ2) is 9.87. The predicted molar refractivity (Wildman–Crippen MR) is 116 cm³/mol. The van der Waals surface area contributed by atoms with E-state index in [0.717, 1.165) is 17.9 Å². The Morgan fingerprint density at radius 3 is 2.62 bits per heavy atom. The van der Waals surface area contributed by atoms with Gasteiger partial charge in [-0.2, -0.15) is 0 Å². The molecule has 9 heteroatoms. The van der Waals surface area contributed by atoms with E-state index >= 15 is 0 Å². The lowest BCUT2D eigenvalue weighted by Gasteiger charge is -2.20. The number of quaternary nitrogens is 1. The SMILES string of the molecule is CC[C@@H](c1nnc(SCC(=O)Nc2cccnc2Cl)n1-c1ccccc1)[NH+](C)C. The van der Waals surface area contributed by atoms with Crippen LogP contribution in [0.3, 0.4) is 0 Å². The van der Waals surface area contributed by atoms with Gasteiger partial charge in [-0.1, -0.05) is 48.5 Å². The molecule has 2 N–H and O–H groups in total. The summed E-state index contributed by atoms with van der Waals surface area (Å²) in [4.78, 5) is 17.7. The van der Waals surface area contributed by atoms with E-state index in [1.165, 1.54) is 16.7 Å². The number of nitrogens with zero attached hydrogens (tertiary/aromatic N) is 4. The smallest absolute Gasteiger partial charge is 0.234 e. The summed E-state index contributed by atoms with van der Waals surface area (Å²) in [5.74, 6) is 0.887. The van der Waals surface area contributed by atoms with Gasteiger partial charge in [0, 0.05) is 18.3 Å². The van der Waals surface area contributed by atoms with Crippen molar-refractivity contribution in [2.24, 2.45) is 0 Å². The topological polar surface area (TPSA) is 77.1 Å². The molecule has 0 aliphatic heterocycles. The van der Waals surface area contributed by atoms with Crippen molar-refractivity contribution in [1.82, 2.24) is 19.7 Å². The quantitative estimate of drug-likeness (QED) is 0.423. The Morgan fingerprint density at radius 1 is 1.21 bits per heavy atom. The lowest BCUT2D eigenvalue weighted by molar-refractivity contribution is -0.893. The fourth-order valence-corrected chi connectivity index (χ4v) is 3.99. The van der Waals surface area contributed by atoms with Crippen LogP contribution in [-0.2, 0) is 4.79 Å². The zero-order chi connectivity index (χ0) is 20.8. The van der Waals surface area contributed by atoms with Crippen LogP contribution in [-0.4, -0.2) is 45.5 Å². The maximum Gasteiger partial charge on any atom is 0.234 e. The standard InChI is InChI=1S/C20H23ClN6OS/c1-4-16(26(2)3)19-24-25-20(27(19)14-9-6-5-7-10-14)29-13-17(28)23-15-11-8-12-22-18(15)21/h5-12,16H,4,13H2,1-3H3,(H,23,28)/p+1/t16-/m0/s1. The van der Waals surface area contributed by atoms with Crippen molar-refractivity contribution in [3.8, 4) is 5.69 Å². The van der Waals surface area contributed by atoms with E-state index in [1.807, 2.05) is 34.9 Å². The molecule has 0 aliphatic rings.